The van der Waals surface area contributed by atoms with E-state index in [-0.39, 0.29) is 11.4 Å². The molecule has 2 aromatic carbocycles. The maximum Gasteiger partial charge on any atom is 0.203 e. The molecule has 0 N–H and O–H groups in total. The first kappa shape index (κ1) is 19.8. The quantitative estimate of drug-likeness (QED) is 0.263. The first-order valence-electron chi connectivity index (χ1n) is 9.55. The molecule has 0 saturated heterocycles. The number of hydrogen-bond acceptors (Lipinski definition) is 5. The Bertz CT molecular complexity index is 1290. The van der Waals surface area contributed by atoms with Gasteiger partial charge in [0.05, 0.1) is 12.8 Å². The fourth-order valence-corrected chi connectivity index (χ4v) is 3.16. The van der Waals surface area contributed by atoms with Gasteiger partial charge < -0.3 is 4.74 Å². The van der Waals surface area contributed by atoms with Gasteiger partial charge in [-0.25, -0.2) is 4.68 Å². The fourth-order valence-electron chi connectivity index (χ4n) is 3.16. The molecule has 6 nitrogen and oxygen atoms in total. The zero-order valence-corrected chi connectivity index (χ0v) is 16.8. The Kier molecular flexibility index (Phi) is 5.68. The van der Waals surface area contributed by atoms with Crippen molar-refractivity contribution in [2.24, 2.45) is 0 Å². The van der Waals surface area contributed by atoms with Crippen LogP contribution in [-0.2, 0) is 0 Å². The molecule has 0 amide bonds. The lowest BCUT2D eigenvalue weighted by Crippen LogP contribution is -2.02. The van der Waals surface area contributed by atoms with Crippen molar-refractivity contribution >= 4 is 11.9 Å². The second-order valence-electron chi connectivity index (χ2n) is 6.69. The summed E-state index contributed by atoms with van der Waals surface area (Å²) in [7, 11) is 1.53. The zero-order chi connectivity index (χ0) is 21.6. The Hall–Kier alpha value is -4.50. The van der Waals surface area contributed by atoms with E-state index in [0.29, 0.717) is 22.6 Å². The summed E-state index contributed by atoms with van der Waals surface area (Å²) in [6, 6.07) is 22.1. The van der Waals surface area contributed by atoms with Crippen molar-refractivity contribution in [3.05, 3.63) is 102 Å². The second-order valence-corrected chi connectivity index (χ2v) is 6.69. The van der Waals surface area contributed by atoms with Crippen molar-refractivity contribution in [1.82, 2.24) is 14.8 Å². The molecular formula is C25H18N4O2. The third kappa shape index (κ3) is 4.26. The van der Waals surface area contributed by atoms with E-state index in [1.807, 2.05) is 48.5 Å². The van der Waals surface area contributed by atoms with Crippen LogP contribution in [0.2, 0.25) is 0 Å². The number of aromatic nitrogens is 3. The van der Waals surface area contributed by atoms with Gasteiger partial charge in [-0.1, -0.05) is 30.3 Å². The van der Waals surface area contributed by atoms with E-state index in [0.717, 1.165) is 11.3 Å². The standard InChI is InChI=1S/C25H18N4O2/c1-31-23-11-5-7-18(14-23)25(30)20(15-26)13-21-17-29(22-9-3-2-4-10-22)28-24(21)19-8-6-12-27-16-19/h2-14,16-17H,1H3/b20-13+. The van der Waals surface area contributed by atoms with Gasteiger partial charge in [0.25, 0.3) is 0 Å². The molecule has 31 heavy (non-hydrogen) atoms. The predicted molar refractivity (Wildman–Crippen MR) is 118 cm³/mol. The summed E-state index contributed by atoms with van der Waals surface area (Å²) in [5.41, 5.74) is 3.31. The molecule has 4 rings (SSSR count). The number of pyridine rings is 1. The Morgan fingerprint density at radius 1 is 1.10 bits per heavy atom. The van der Waals surface area contributed by atoms with Gasteiger partial charge in [0.2, 0.25) is 5.78 Å². The highest BCUT2D eigenvalue weighted by Gasteiger charge is 2.17. The van der Waals surface area contributed by atoms with Crippen molar-refractivity contribution in [2.75, 3.05) is 7.11 Å². The van der Waals surface area contributed by atoms with E-state index in [1.54, 1.807) is 53.6 Å². The molecule has 0 fully saturated rings. The van der Waals surface area contributed by atoms with Crippen molar-refractivity contribution in [3.8, 4) is 28.8 Å². The van der Waals surface area contributed by atoms with Gasteiger partial charge >= 0.3 is 0 Å². The molecule has 0 aliphatic rings. The number of rotatable bonds is 6. The van der Waals surface area contributed by atoms with Crippen LogP contribution in [0.15, 0.2) is 90.9 Å². The molecule has 2 aromatic heterocycles. The van der Waals surface area contributed by atoms with Gasteiger partial charge in [-0.3, -0.25) is 9.78 Å². The lowest BCUT2D eigenvalue weighted by Gasteiger charge is -2.03. The summed E-state index contributed by atoms with van der Waals surface area (Å²) in [6.45, 7) is 0. The van der Waals surface area contributed by atoms with Crippen LogP contribution in [0.3, 0.4) is 0 Å². The zero-order valence-electron chi connectivity index (χ0n) is 16.8. The summed E-state index contributed by atoms with van der Waals surface area (Å²) >= 11 is 0. The highest BCUT2D eigenvalue weighted by Crippen LogP contribution is 2.26. The third-order valence-corrected chi connectivity index (χ3v) is 4.70. The Morgan fingerprint density at radius 3 is 2.65 bits per heavy atom. The molecule has 2 heterocycles. The number of Topliss-reactive ketones (excluding diaryl/α,β-unsaturated/α-hetero) is 1. The number of para-hydroxylation sites is 1. The lowest BCUT2D eigenvalue weighted by atomic mass is 10.0. The number of hydrogen-bond donors (Lipinski definition) is 0. The summed E-state index contributed by atoms with van der Waals surface area (Å²) in [6.07, 6.45) is 6.75. The van der Waals surface area contributed by atoms with Gasteiger partial charge in [0.15, 0.2) is 0 Å². The average Bonchev–Trinajstić information content (AvgIpc) is 3.27. The van der Waals surface area contributed by atoms with Crippen molar-refractivity contribution in [1.29, 1.82) is 5.26 Å². The molecule has 0 aliphatic heterocycles. The van der Waals surface area contributed by atoms with Crippen LogP contribution in [0.25, 0.3) is 23.0 Å². The Balaban J connectivity index is 1.81. The number of allylic oxidation sites excluding steroid dienone is 1. The molecule has 4 aromatic rings. The maximum absolute atomic E-state index is 13.0. The Morgan fingerprint density at radius 2 is 1.94 bits per heavy atom. The first-order valence-corrected chi connectivity index (χ1v) is 9.55. The summed E-state index contributed by atoms with van der Waals surface area (Å²) in [4.78, 5) is 17.2. The maximum atomic E-state index is 13.0. The van der Waals surface area contributed by atoms with E-state index < -0.39 is 0 Å². The second kappa shape index (κ2) is 8.89. The first-order chi connectivity index (χ1) is 15.2. The summed E-state index contributed by atoms with van der Waals surface area (Å²) in [5.74, 6) is 0.169. The minimum absolute atomic E-state index is 0.00556. The SMILES string of the molecule is COc1cccc(C(=O)/C(C#N)=C/c2cn(-c3ccccc3)nc2-c2cccnc2)c1. The third-order valence-electron chi connectivity index (χ3n) is 4.70. The van der Waals surface area contributed by atoms with Gasteiger partial charge in [0.1, 0.15) is 23.1 Å². The molecule has 0 bridgehead atoms. The van der Waals surface area contributed by atoms with E-state index >= 15 is 0 Å². The normalized spacial score (nSPS) is 11.0. The smallest absolute Gasteiger partial charge is 0.203 e. The topological polar surface area (TPSA) is 80.8 Å². The number of methoxy groups -OCH3 is 1. The summed E-state index contributed by atoms with van der Waals surface area (Å²) in [5, 5.41) is 14.4. The number of carbonyl (C=O) groups is 1. The molecule has 0 radical (unpaired) electrons. The van der Waals surface area contributed by atoms with Crippen LogP contribution in [0, 0.1) is 11.3 Å². The van der Waals surface area contributed by atoms with Crippen molar-refractivity contribution in [2.45, 2.75) is 0 Å². The minimum atomic E-state index is -0.383. The van der Waals surface area contributed by atoms with Crippen LogP contribution in [0.5, 0.6) is 5.75 Å². The molecule has 0 aliphatic carbocycles. The Labute approximate surface area is 179 Å². The predicted octanol–water partition coefficient (Wildman–Crippen LogP) is 4.73. The number of ketones is 1. The van der Waals surface area contributed by atoms with Gasteiger partial charge in [-0.2, -0.15) is 10.4 Å². The van der Waals surface area contributed by atoms with Gasteiger partial charge in [0, 0.05) is 35.3 Å². The number of carbonyl (C=O) groups excluding carboxylic acids is 1. The van der Waals surface area contributed by atoms with Gasteiger partial charge in [-0.15, -0.1) is 0 Å². The monoisotopic (exact) mass is 406 g/mol. The molecule has 0 unspecified atom stereocenters. The van der Waals surface area contributed by atoms with E-state index in [1.165, 1.54) is 7.11 Å². The van der Waals surface area contributed by atoms with E-state index in [2.05, 4.69) is 10.1 Å². The number of nitriles is 1. The number of nitrogens with zero attached hydrogens (tertiary/aromatic N) is 4. The van der Waals surface area contributed by atoms with E-state index in [9.17, 15) is 10.1 Å². The van der Waals surface area contributed by atoms with Crippen molar-refractivity contribution in [3.63, 3.8) is 0 Å². The van der Waals surface area contributed by atoms with Crippen LogP contribution in [0.1, 0.15) is 15.9 Å². The number of benzene rings is 2. The van der Waals surface area contributed by atoms with Gasteiger partial charge in [-0.05, 0) is 42.5 Å². The average molecular weight is 406 g/mol. The minimum Gasteiger partial charge on any atom is -0.497 e. The highest BCUT2D eigenvalue weighted by atomic mass is 16.5. The highest BCUT2D eigenvalue weighted by molar-refractivity contribution is 6.14. The van der Waals surface area contributed by atoms with Crippen LogP contribution in [-0.4, -0.2) is 27.7 Å². The number of ether oxygens (including phenoxy) is 1. The van der Waals surface area contributed by atoms with Crippen LogP contribution < -0.4 is 4.74 Å². The lowest BCUT2D eigenvalue weighted by molar-refractivity contribution is 0.103. The molecule has 6 heteroatoms. The largest absolute Gasteiger partial charge is 0.497 e. The van der Waals surface area contributed by atoms with Crippen LogP contribution >= 0.6 is 0 Å². The van der Waals surface area contributed by atoms with Crippen LogP contribution in [0.4, 0.5) is 0 Å². The molecular weight excluding hydrogens is 388 g/mol. The van der Waals surface area contributed by atoms with Crippen molar-refractivity contribution < 1.29 is 9.53 Å². The van der Waals surface area contributed by atoms with E-state index in [4.69, 9.17) is 4.74 Å². The summed E-state index contributed by atoms with van der Waals surface area (Å²) < 4.78 is 6.91. The molecule has 0 spiro atoms. The fraction of sp³-hybridized carbons (Fsp3) is 0.0400. The molecule has 150 valence electrons. The molecule has 0 atom stereocenters. The molecule has 0 saturated carbocycles.